The minimum atomic E-state index is -1.08. The highest BCUT2D eigenvalue weighted by atomic mass is 16.5. The number of esters is 2. The van der Waals surface area contributed by atoms with E-state index in [-0.39, 0.29) is 19.6 Å². The Morgan fingerprint density at radius 2 is 1.48 bits per heavy atom. The van der Waals surface area contributed by atoms with Crippen molar-refractivity contribution in [3.8, 4) is 0 Å². The fourth-order valence-corrected chi connectivity index (χ4v) is 1.96. The number of carboxylic acids is 1. The molecule has 0 saturated heterocycles. The van der Waals surface area contributed by atoms with Crippen molar-refractivity contribution >= 4 is 17.9 Å². The molecular formula is C15H26O6. The molecular weight excluding hydrogens is 276 g/mol. The van der Waals surface area contributed by atoms with Crippen molar-refractivity contribution in [2.75, 3.05) is 13.2 Å². The van der Waals surface area contributed by atoms with Crippen molar-refractivity contribution in [3.63, 3.8) is 0 Å². The minimum absolute atomic E-state index is 0.220. The van der Waals surface area contributed by atoms with E-state index in [1.54, 1.807) is 0 Å². The molecule has 0 bridgehead atoms. The number of hydrogen-bond donors (Lipinski definition) is 1. The maximum absolute atomic E-state index is 12.0. The highest BCUT2D eigenvalue weighted by Crippen LogP contribution is 2.24. The second-order valence-electron chi connectivity index (χ2n) is 4.93. The number of ether oxygens (including phenoxy) is 2. The molecule has 0 radical (unpaired) electrons. The summed E-state index contributed by atoms with van der Waals surface area (Å²) in [4.78, 5) is 35.1. The van der Waals surface area contributed by atoms with Gasteiger partial charge in [-0.25, -0.2) is 0 Å². The van der Waals surface area contributed by atoms with E-state index < -0.39 is 29.7 Å². The zero-order valence-corrected chi connectivity index (χ0v) is 13.1. The first-order valence-electron chi connectivity index (χ1n) is 7.52. The van der Waals surface area contributed by atoms with Crippen molar-refractivity contribution in [2.24, 2.45) is 11.8 Å². The van der Waals surface area contributed by atoms with E-state index >= 15 is 0 Å². The first-order chi connectivity index (χ1) is 9.97. The number of hydrogen-bond acceptors (Lipinski definition) is 5. The topological polar surface area (TPSA) is 89.9 Å². The van der Waals surface area contributed by atoms with Crippen molar-refractivity contribution in [1.29, 1.82) is 0 Å². The zero-order chi connectivity index (χ0) is 16.3. The molecule has 21 heavy (non-hydrogen) atoms. The molecule has 0 aromatic heterocycles. The van der Waals surface area contributed by atoms with Gasteiger partial charge in [0.25, 0.3) is 0 Å². The van der Waals surface area contributed by atoms with Gasteiger partial charge >= 0.3 is 17.9 Å². The van der Waals surface area contributed by atoms with Gasteiger partial charge in [0.2, 0.25) is 0 Å². The second kappa shape index (κ2) is 11.1. The van der Waals surface area contributed by atoms with Crippen LogP contribution in [0.2, 0.25) is 0 Å². The molecule has 1 N–H and O–H groups in total. The Hall–Kier alpha value is -1.59. The molecule has 0 aliphatic rings. The molecule has 122 valence electrons. The standard InChI is InChI=1S/C15H26O6/c1-4-7-11(14(17)18)12(15(19)21-9-6-3)10-13(16)20-8-5-2/h11-12H,4-10H2,1-3H3,(H,17,18). The summed E-state index contributed by atoms with van der Waals surface area (Å²) in [6, 6.07) is 0. The fourth-order valence-electron chi connectivity index (χ4n) is 1.96. The van der Waals surface area contributed by atoms with Gasteiger partial charge in [0.1, 0.15) is 0 Å². The van der Waals surface area contributed by atoms with Crippen LogP contribution in [0, 0.1) is 11.8 Å². The molecule has 0 amide bonds. The second-order valence-corrected chi connectivity index (χ2v) is 4.93. The largest absolute Gasteiger partial charge is 0.481 e. The van der Waals surface area contributed by atoms with Crippen molar-refractivity contribution in [2.45, 2.75) is 52.9 Å². The molecule has 2 unspecified atom stereocenters. The first-order valence-corrected chi connectivity index (χ1v) is 7.52. The van der Waals surface area contributed by atoms with Crippen LogP contribution in [0.5, 0.6) is 0 Å². The molecule has 0 saturated carbocycles. The molecule has 0 rings (SSSR count). The molecule has 0 aromatic carbocycles. The van der Waals surface area contributed by atoms with E-state index in [1.807, 2.05) is 20.8 Å². The molecule has 0 aliphatic heterocycles. The van der Waals surface area contributed by atoms with Gasteiger partial charge in [-0.15, -0.1) is 0 Å². The average Bonchev–Trinajstić information content (AvgIpc) is 2.45. The van der Waals surface area contributed by atoms with E-state index in [0.29, 0.717) is 25.7 Å². The van der Waals surface area contributed by atoms with Crippen molar-refractivity contribution in [1.82, 2.24) is 0 Å². The highest BCUT2D eigenvalue weighted by Gasteiger charge is 2.36. The summed E-state index contributed by atoms with van der Waals surface area (Å²) in [5.74, 6) is -4.19. The quantitative estimate of drug-likeness (QED) is 0.589. The van der Waals surface area contributed by atoms with Crippen LogP contribution in [0.15, 0.2) is 0 Å². The lowest BCUT2D eigenvalue weighted by Gasteiger charge is -2.21. The van der Waals surface area contributed by atoms with E-state index in [0.717, 1.165) is 0 Å². The van der Waals surface area contributed by atoms with Gasteiger partial charge in [0, 0.05) is 0 Å². The Labute approximate surface area is 125 Å². The summed E-state index contributed by atoms with van der Waals surface area (Å²) < 4.78 is 9.97. The Bertz CT molecular complexity index is 339. The van der Waals surface area contributed by atoms with Crippen LogP contribution in [0.25, 0.3) is 0 Å². The Kier molecular flexibility index (Phi) is 10.3. The lowest BCUT2D eigenvalue weighted by Crippen LogP contribution is -2.33. The Morgan fingerprint density at radius 3 is 1.95 bits per heavy atom. The molecule has 0 fully saturated rings. The zero-order valence-electron chi connectivity index (χ0n) is 13.1. The van der Waals surface area contributed by atoms with Gasteiger partial charge in [0.05, 0.1) is 31.5 Å². The third kappa shape index (κ3) is 7.68. The highest BCUT2D eigenvalue weighted by molar-refractivity contribution is 5.85. The summed E-state index contributed by atoms with van der Waals surface area (Å²) in [6.07, 6.45) is 2.00. The number of carboxylic acid groups (broad SMARTS) is 1. The maximum Gasteiger partial charge on any atom is 0.310 e. The molecule has 0 spiro atoms. The van der Waals surface area contributed by atoms with Gasteiger partial charge in [-0.2, -0.15) is 0 Å². The smallest absolute Gasteiger partial charge is 0.310 e. The first kappa shape index (κ1) is 19.4. The monoisotopic (exact) mass is 302 g/mol. The summed E-state index contributed by atoms with van der Waals surface area (Å²) >= 11 is 0. The van der Waals surface area contributed by atoms with Crippen LogP contribution >= 0.6 is 0 Å². The van der Waals surface area contributed by atoms with Crippen LogP contribution in [-0.4, -0.2) is 36.2 Å². The predicted octanol–water partition coefficient (Wildman–Crippen LogP) is 2.40. The normalized spacial score (nSPS) is 13.3. The van der Waals surface area contributed by atoms with E-state index in [9.17, 15) is 19.5 Å². The third-order valence-corrected chi connectivity index (χ3v) is 3.01. The van der Waals surface area contributed by atoms with Crippen LogP contribution in [0.3, 0.4) is 0 Å². The number of aliphatic carboxylic acids is 1. The maximum atomic E-state index is 12.0. The predicted molar refractivity (Wildman–Crippen MR) is 76.6 cm³/mol. The molecule has 6 heteroatoms. The Morgan fingerprint density at radius 1 is 0.905 bits per heavy atom. The van der Waals surface area contributed by atoms with Gasteiger partial charge in [0.15, 0.2) is 0 Å². The SMILES string of the molecule is CCCOC(=O)CC(C(=O)OCCC)C(CCC)C(=O)O. The summed E-state index contributed by atoms with van der Waals surface area (Å²) in [5.41, 5.74) is 0. The van der Waals surface area contributed by atoms with Crippen LogP contribution in [-0.2, 0) is 23.9 Å². The lowest BCUT2D eigenvalue weighted by molar-refractivity contribution is -0.162. The molecule has 0 heterocycles. The summed E-state index contributed by atoms with van der Waals surface area (Å²) in [5, 5.41) is 9.28. The van der Waals surface area contributed by atoms with Gasteiger partial charge < -0.3 is 14.6 Å². The van der Waals surface area contributed by atoms with Gasteiger partial charge in [-0.1, -0.05) is 27.2 Å². The summed E-state index contributed by atoms with van der Waals surface area (Å²) in [7, 11) is 0. The van der Waals surface area contributed by atoms with Gasteiger partial charge in [-0.3, -0.25) is 14.4 Å². The van der Waals surface area contributed by atoms with E-state index in [4.69, 9.17) is 9.47 Å². The Balaban J connectivity index is 4.92. The van der Waals surface area contributed by atoms with Crippen molar-refractivity contribution in [3.05, 3.63) is 0 Å². The average molecular weight is 302 g/mol. The van der Waals surface area contributed by atoms with E-state index in [2.05, 4.69) is 0 Å². The van der Waals surface area contributed by atoms with Crippen LogP contribution < -0.4 is 0 Å². The van der Waals surface area contributed by atoms with Gasteiger partial charge in [-0.05, 0) is 19.3 Å². The molecule has 2 atom stereocenters. The molecule has 6 nitrogen and oxygen atoms in total. The number of carbonyl (C=O) groups excluding carboxylic acids is 2. The summed E-state index contributed by atoms with van der Waals surface area (Å²) in [6.45, 7) is 6.02. The lowest BCUT2D eigenvalue weighted by atomic mass is 9.86. The van der Waals surface area contributed by atoms with Crippen LogP contribution in [0.4, 0.5) is 0 Å². The number of carbonyl (C=O) groups is 3. The van der Waals surface area contributed by atoms with Crippen molar-refractivity contribution < 1.29 is 29.0 Å². The molecule has 0 aliphatic carbocycles. The van der Waals surface area contributed by atoms with Crippen LogP contribution in [0.1, 0.15) is 52.9 Å². The number of rotatable bonds is 11. The fraction of sp³-hybridized carbons (Fsp3) is 0.800. The molecule has 0 aromatic rings. The van der Waals surface area contributed by atoms with E-state index in [1.165, 1.54) is 0 Å². The minimum Gasteiger partial charge on any atom is -0.481 e. The third-order valence-electron chi connectivity index (χ3n) is 3.01.